The molecule has 0 aliphatic carbocycles. The Kier molecular flexibility index (Phi) is 4.65. The van der Waals surface area contributed by atoms with E-state index < -0.39 is 0 Å². The quantitative estimate of drug-likeness (QED) is 0.250. The van der Waals surface area contributed by atoms with Gasteiger partial charge in [-0.25, -0.2) is 0 Å². The third-order valence-electron chi connectivity index (χ3n) is 5.67. The van der Waals surface area contributed by atoms with E-state index in [0.717, 1.165) is 4.34 Å². The van der Waals surface area contributed by atoms with Crippen molar-refractivity contribution in [1.29, 1.82) is 0 Å². The molecule has 6 rings (SSSR count). The van der Waals surface area contributed by atoms with Crippen molar-refractivity contribution in [3.8, 4) is 32.0 Å². The van der Waals surface area contributed by atoms with E-state index in [9.17, 15) is 0 Å². The average molecular weight is 453 g/mol. The molecule has 2 heterocycles. The number of hydrogen-bond acceptors (Lipinski definition) is 2. The van der Waals surface area contributed by atoms with Gasteiger partial charge in [-0.3, -0.25) is 0 Å². The first kappa shape index (κ1) is 18.8. The second-order valence-electron chi connectivity index (χ2n) is 7.62. The zero-order chi connectivity index (χ0) is 20.8. The maximum absolute atomic E-state index is 6.50. The molecule has 31 heavy (non-hydrogen) atoms. The largest absolute Gasteiger partial charge is 0.142 e. The third-order valence-corrected chi connectivity index (χ3v) is 8.04. The third kappa shape index (κ3) is 3.47. The minimum Gasteiger partial charge on any atom is -0.142 e. The number of benzene rings is 4. The average Bonchev–Trinajstić information content (AvgIpc) is 3.45. The standard InChI is InChI=1S/C28H17ClS2/c29-27-16-25(23-12-10-19-6-2-4-8-21(19)14-23)28(31-27)26-15-24(17-30-26)22-11-9-18-5-1-3-7-20(18)13-22/h1-17H. The molecule has 4 aromatic carbocycles. The first-order valence-corrected chi connectivity index (χ1v) is 12.2. The van der Waals surface area contributed by atoms with Crippen LogP contribution in [0.15, 0.2) is 102 Å². The topological polar surface area (TPSA) is 0 Å². The van der Waals surface area contributed by atoms with E-state index in [1.54, 1.807) is 22.7 Å². The van der Waals surface area contributed by atoms with Crippen LogP contribution in [0.25, 0.3) is 53.6 Å². The number of hydrogen-bond donors (Lipinski definition) is 0. The normalized spacial score (nSPS) is 11.4. The fraction of sp³-hybridized carbons (Fsp3) is 0. The Balaban J connectivity index is 1.43. The van der Waals surface area contributed by atoms with Crippen molar-refractivity contribution in [2.75, 3.05) is 0 Å². The Hall–Kier alpha value is -2.91. The van der Waals surface area contributed by atoms with Crippen LogP contribution >= 0.6 is 34.3 Å². The van der Waals surface area contributed by atoms with Gasteiger partial charge in [0, 0.05) is 10.4 Å². The van der Waals surface area contributed by atoms with Crippen molar-refractivity contribution in [1.82, 2.24) is 0 Å². The van der Waals surface area contributed by atoms with Crippen molar-refractivity contribution in [2.45, 2.75) is 0 Å². The summed E-state index contributed by atoms with van der Waals surface area (Å²) in [6.07, 6.45) is 0. The molecule has 0 amide bonds. The summed E-state index contributed by atoms with van der Waals surface area (Å²) in [4.78, 5) is 2.49. The Morgan fingerprint density at radius 1 is 0.548 bits per heavy atom. The summed E-state index contributed by atoms with van der Waals surface area (Å²) in [7, 11) is 0. The van der Waals surface area contributed by atoms with Gasteiger partial charge in [-0.15, -0.1) is 22.7 Å². The minimum absolute atomic E-state index is 0.818. The fourth-order valence-corrected chi connectivity index (χ4v) is 6.39. The molecule has 0 aliphatic rings. The maximum atomic E-state index is 6.50. The molecule has 0 saturated carbocycles. The van der Waals surface area contributed by atoms with E-state index in [4.69, 9.17) is 11.6 Å². The number of fused-ring (bicyclic) bond motifs is 2. The van der Waals surface area contributed by atoms with Crippen LogP contribution < -0.4 is 0 Å². The van der Waals surface area contributed by atoms with Crippen molar-refractivity contribution in [2.24, 2.45) is 0 Å². The van der Waals surface area contributed by atoms with Gasteiger partial charge in [0.2, 0.25) is 0 Å². The van der Waals surface area contributed by atoms with Crippen LogP contribution in [0.5, 0.6) is 0 Å². The second-order valence-corrected chi connectivity index (χ2v) is 10.2. The van der Waals surface area contributed by atoms with Gasteiger partial charge in [0.05, 0.1) is 9.21 Å². The lowest BCUT2D eigenvalue weighted by atomic mass is 10.0. The van der Waals surface area contributed by atoms with Crippen LogP contribution in [0.4, 0.5) is 0 Å². The molecule has 0 aliphatic heterocycles. The van der Waals surface area contributed by atoms with E-state index in [1.165, 1.54) is 53.6 Å². The summed E-state index contributed by atoms with van der Waals surface area (Å²) in [6.45, 7) is 0. The summed E-state index contributed by atoms with van der Waals surface area (Å²) < 4.78 is 0.818. The van der Waals surface area contributed by atoms with Crippen molar-refractivity contribution < 1.29 is 0 Å². The zero-order valence-electron chi connectivity index (χ0n) is 16.5. The SMILES string of the molecule is Clc1cc(-c2ccc3ccccc3c2)c(-c2cc(-c3ccc4ccccc4c3)cs2)s1. The molecule has 0 saturated heterocycles. The molecule has 0 N–H and O–H groups in total. The van der Waals surface area contributed by atoms with Crippen LogP contribution in [0, 0.1) is 0 Å². The monoisotopic (exact) mass is 452 g/mol. The Morgan fingerprint density at radius 3 is 1.87 bits per heavy atom. The molecular weight excluding hydrogens is 436 g/mol. The van der Waals surface area contributed by atoms with Gasteiger partial charge >= 0.3 is 0 Å². The van der Waals surface area contributed by atoms with E-state index in [0.29, 0.717) is 0 Å². The van der Waals surface area contributed by atoms with E-state index >= 15 is 0 Å². The van der Waals surface area contributed by atoms with Crippen LogP contribution in [0.3, 0.4) is 0 Å². The summed E-state index contributed by atoms with van der Waals surface area (Å²) in [5.41, 5.74) is 4.90. The summed E-state index contributed by atoms with van der Waals surface area (Å²) in [5, 5.41) is 7.28. The van der Waals surface area contributed by atoms with Gasteiger partial charge < -0.3 is 0 Å². The molecule has 0 fully saturated rings. The molecule has 3 heteroatoms. The van der Waals surface area contributed by atoms with Gasteiger partial charge in [0.25, 0.3) is 0 Å². The van der Waals surface area contributed by atoms with Crippen molar-refractivity contribution in [3.63, 3.8) is 0 Å². The Bertz CT molecular complexity index is 1550. The highest BCUT2D eigenvalue weighted by Gasteiger charge is 2.15. The van der Waals surface area contributed by atoms with Crippen LogP contribution in [-0.2, 0) is 0 Å². The highest BCUT2D eigenvalue weighted by atomic mass is 35.5. The number of rotatable bonds is 3. The summed E-state index contributed by atoms with van der Waals surface area (Å²) in [5.74, 6) is 0. The molecule has 0 spiro atoms. The van der Waals surface area contributed by atoms with E-state index in [-0.39, 0.29) is 0 Å². The van der Waals surface area contributed by atoms with Crippen molar-refractivity contribution in [3.05, 3.63) is 107 Å². The van der Waals surface area contributed by atoms with Crippen LogP contribution in [-0.4, -0.2) is 0 Å². The first-order valence-electron chi connectivity index (χ1n) is 10.1. The number of thiophene rings is 2. The van der Waals surface area contributed by atoms with Gasteiger partial charge in [0.15, 0.2) is 0 Å². The Morgan fingerprint density at radius 2 is 1.16 bits per heavy atom. The summed E-state index contributed by atoms with van der Waals surface area (Å²) >= 11 is 9.93. The molecule has 148 valence electrons. The smallest absolute Gasteiger partial charge is 0.0941 e. The summed E-state index contributed by atoms with van der Waals surface area (Å²) in [6, 6.07) is 34.7. The predicted octanol–water partition coefficient (Wildman–Crippen LogP) is 9.77. The molecule has 0 bridgehead atoms. The fourth-order valence-electron chi connectivity index (χ4n) is 4.09. The highest BCUT2D eigenvalue weighted by molar-refractivity contribution is 7.24. The lowest BCUT2D eigenvalue weighted by Gasteiger charge is -2.05. The molecule has 0 nitrogen and oxygen atoms in total. The Labute approximate surface area is 194 Å². The molecular formula is C28H17ClS2. The van der Waals surface area contributed by atoms with Crippen LogP contribution in [0.2, 0.25) is 4.34 Å². The first-order chi connectivity index (χ1) is 15.2. The van der Waals surface area contributed by atoms with Gasteiger partial charge in [0.1, 0.15) is 0 Å². The predicted molar refractivity (Wildman–Crippen MR) is 139 cm³/mol. The van der Waals surface area contributed by atoms with Gasteiger partial charge in [-0.05, 0) is 67.9 Å². The minimum atomic E-state index is 0.818. The number of halogens is 1. The molecule has 0 radical (unpaired) electrons. The second kappa shape index (κ2) is 7.65. The lowest BCUT2D eigenvalue weighted by molar-refractivity contribution is 1.70. The molecule has 0 atom stereocenters. The highest BCUT2D eigenvalue weighted by Crippen LogP contribution is 2.45. The molecule has 6 aromatic rings. The van der Waals surface area contributed by atoms with Crippen LogP contribution in [0.1, 0.15) is 0 Å². The van der Waals surface area contributed by atoms with E-state index in [2.05, 4.69) is 102 Å². The van der Waals surface area contributed by atoms with E-state index in [1.807, 2.05) is 0 Å². The van der Waals surface area contributed by atoms with Gasteiger partial charge in [-0.1, -0.05) is 84.4 Å². The van der Waals surface area contributed by atoms with Gasteiger partial charge in [-0.2, -0.15) is 0 Å². The zero-order valence-corrected chi connectivity index (χ0v) is 18.9. The van der Waals surface area contributed by atoms with Crippen molar-refractivity contribution >= 4 is 55.8 Å². The lowest BCUT2D eigenvalue weighted by Crippen LogP contribution is -1.79. The maximum Gasteiger partial charge on any atom is 0.0941 e. The molecule has 0 unspecified atom stereocenters. The molecule has 2 aromatic heterocycles.